The average molecular weight is 192 g/mol. The summed E-state index contributed by atoms with van der Waals surface area (Å²) in [7, 11) is 0. The average Bonchev–Trinajstić information content (AvgIpc) is 2.12. The molecule has 1 rings (SSSR count). The summed E-state index contributed by atoms with van der Waals surface area (Å²) in [6.45, 7) is 1.88. The Kier molecular flexibility index (Phi) is 3.66. The van der Waals surface area contributed by atoms with E-state index in [1.165, 1.54) is 0 Å². The van der Waals surface area contributed by atoms with Gasteiger partial charge in [-0.1, -0.05) is 11.8 Å². The van der Waals surface area contributed by atoms with Crippen LogP contribution < -0.4 is 5.73 Å². The molecule has 0 aliphatic heterocycles. The number of nitrogens with zero attached hydrogens (tertiary/aromatic N) is 1. The van der Waals surface area contributed by atoms with Gasteiger partial charge in [0, 0.05) is 23.9 Å². The number of rotatable bonds is 1. The fraction of sp³-hybridized carbons (Fsp3) is 0.300. The molecule has 2 N–H and O–H groups in total. The van der Waals surface area contributed by atoms with Crippen LogP contribution in [0.5, 0.6) is 0 Å². The highest BCUT2D eigenvalue weighted by molar-refractivity contribution is 7.80. The lowest BCUT2D eigenvalue weighted by molar-refractivity contribution is 1.20. The van der Waals surface area contributed by atoms with Crippen molar-refractivity contribution in [1.29, 1.82) is 0 Å². The number of nitrogens with two attached hydrogens (primary N) is 1. The van der Waals surface area contributed by atoms with Crippen LogP contribution in [-0.2, 0) is 0 Å². The second kappa shape index (κ2) is 4.78. The van der Waals surface area contributed by atoms with E-state index in [0.29, 0.717) is 5.69 Å². The van der Waals surface area contributed by atoms with E-state index in [0.717, 1.165) is 23.4 Å². The van der Waals surface area contributed by atoms with Crippen molar-refractivity contribution in [3.05, 3.63) is 23.5 Å². The second-order valence-electron chi connectivity index (χ2n) is 2.67. The lowest BCUT2D eigenvalue weighted by atomic mass is 10.2. The molecule has 0 aliphatic rings. The Hall–Kier alpha value is -1.14. The molecule has 1 aromatic rings. The summed E-state index contributed by atoms with van der Waals surface area (Å²) in [5.74, 6) is 6.73. The van der Waals surface area contributed by atoms with E-state index < -0.39 is 0 Å². The van der Waals surface area contributed by atoms with E-state index in [-0.39, 0.29) is 0 Å². The maximum Gasteiger partial charge on any atom is 0.0602 e. The first-order chi connectivity index (χ1) is 6.24. The van der Waals surface area contributed by atoms with Crippen LogP contribution in [0.15, 0.2) is 12.3 Å². The smallest absolute Gasteiger partial charge is 0.0602 e. The molecule has 0 bridgehead atoms. The SMILES string of the molecule is Cc1ncc(C#CCCS)cc1N. The van der Waals surface area contributed by atoms with E-state index >= 15 is 0 Å². The topological polar surface area (TPSA) is 38.9 Å². The number of aromatic nitrogens is 1. The summed E-state index contributed by atoms with van der Waals surface area (Å²) >= 11 is 4.06. The Morgan fingerprint density at radius 3 is 3.00 bits per heavy atom. The lowest BCUT2D eigenvalue weighted by Gasteiger charge is -1.97. The molecule has 13 heavy (non-hydrogen) atoms. The quantitative estimate of drug-likeness (QED) is 0.524. The number of nitrogen functional groups attached to an aromatic ring is 1. The summed E-state index contributed by atoms with van der Waals surface area (Å²) in [5, 5.41) is 0. The Balaban J connectivity index is 2.81. The first kappa shape index (κ1) is 9.94. The van der Waals surface area contributed by atoms with Crippen molar-refractivity contribution in [2.24, 2.45) is 0 Å². The van der Waals surface area contributed by atoms with Crippen molar-refractivity contribution in [2.75, 3.05) is 11.5 Å². The summed E-state index contributed by atoms with van der Waals surface area (Å²) < 4.78 is 0. The molecule has 0 unspecified atom stereocenters. The summed E-state index contributed by atoms with van der Waals surface area (Å²) in [6, 6.07) is 1.84. The zero-order valence-electron chi connectivity index (χ0n) is 7.54. The minimum absolute atomic E-state index is 0.692. The van der Waals surface area contributed by atoms with E-state index in [2.05, 4.69) is 29.5 Å². The van der Waals surface area contributed by atoms with Crippen LogP contribution in [0, 0.1) is 18.8 Å². The molecular weight excluding hydrogens is 180 g/mol. The molecule has 0 atom stereocenters. The molecule has 0 saturated heterocycles. The molecule has 0 spiro atoms. The molecule has 2 nitrogen and oxygen atoms in total. The van der Waals surface area contributed by atoms with Crippen molar-refractivity contribution in [2.45, 2.75) is 13.3 Å². The van der Waals surface area contributed by atoms with E-state index in [9.17, 15) is 0 Å². The molecule has 3 heteroatoms. The third-order valence-electron chi connectivity index (χ3n) is 1.60. The first-order valence-electron chi connectivity index (χ1n) is 4.06. The molecule has 1 heterocycles. The molecule has 0 amide bonds. The predicted octanol–water partition coefficient (Wildman–Crippen LogP) is 1.64. The normalized spacial score (nSPS) is 9.08. The van der Waals surface area contributed by atoms with E-state index in [1.807, 2.05) is 13.0 Å². The van der Waals surface area contributed by atoms with Gasteiger partial charge in [-0.05, 0) is 13.0 Å². The van der Waals surface area contributed by atoms with Crippen LogP contribution in [0.4, 0.5) is 5.69 Å². The minimum atomic E-state index is 0.692. The van der Waals surface area contributed by atoms with Gasteiger partial charge in [-0.2, -0.15) is 12.6 Å². The Labute approximate surface area is 84.0 Å². The van der Waals surface area contributed by atoms with Gasteiger partial charge in [-0.15, -0.1) is 0 Å². The third kappa shape index (κ3) is 3.00. The van der Waals surface area contributed by atoms with Gasteiger partial charge < -0.3 is 5.73 Å². The van der Waals surface area contributed by atoms with Gasteiger partial charge in [0.1, 0.15) is 0 Å². The molecule has 0 saturated carbocycles. The monoisotopic (exact) mass is 192 g/mol. The maximum absolute atomic E-state index is 5.68. The van der Waals surface area contributed by atoms with Gasteiger partial charge >= 0.3 is 0 Å². The lowest BCUT2D eigenvalue weighted by Crippen LogP contribution is -1.93. The molecule has 0 aromatic carbocycles. The summed E-state index contributed by atoms with van der Waals surface area (Å²) in [6.07, 6.45) is 2.52. The van der Waals surface area contributed by atoms with Crippen LogP contribution in [0.2, 0.25) is 0 Å². The summed E-state index contributed by atoms with van der Waals surface area (Å²) in [5.41, 5.74) is 8.08. The van der Waals surface area contributed by atoms with Gasteiger partial charge in [0.05, 0.1) is 11.4 Å². The number of thiol groups is 1. The van der Waals surface area contributed by atoms with Crippen LogP contribution in [0.25, 0.3) is 0 Å². The molecule has 0 aliphatic carbocycles. The predicted molar refractivity (Wildman–Crippen MR) is 58.7 cm³/mol. The highest BCUT2D eigenvalue weighted by atomic mass is 32.1. The highest BCUT2D eigenvalue weighted by Crippen LogP contribution is 2.08. The van der Waals surface area contributed by atoms with Crippen molar-refractivity contribution >= 4 is 18.3 Å². The molecule has 0 fully saturated rings. The van der Waals surface area contributed by atoms with Crippen molar-refractivity contribution in [3.8, 4) is 11.8 Å². The van der Waals surface area contributed by atoms with Gasteiger partial charge in [0.25, 0.3) is 0 Å². The van der Waals surface area contributed by atoms with Gasteiger partial charge in [-0.3, -0.25) is 4.98 Å². The van der Waals surface area contributed by atoms with E-state index in [1.54, 1.807) is 6.20 Å². The summed E-state index contributed by atoms with van der Waals surface area (Å²) in [4.78, 5) is 4.11. The van der Waals surface area contributed by atoms with Crippen molar-refractivity contribution in [3.63, 3.8) is 0 Å². The van der Waals surface area contributed by atoms with Crippen molar-refractivity contribution < 1.29 is 0 Å². The first-order valence-corrected chi connectivity index (χ1v) is 4.69. The van der Waals surface area contributed by atoms with Crippen LogP contribution in [0.1, 0.15) is 17.7 Å². The van der Waals surface area contributed by atoms with Gasteiger partial charge in [-0.25, -0.2) is 0 Å². The number of aryl methyl sites for hydroxylation is 1. The zero-order chi connectivity index (χ0) is 9.68. The highest BCUT2D eigenvalue weighted by Gasteiger charge is 1.94. The van der Waals surface area contributed by atoms with Crippen LogP contribution in [0.3, 0.4) is 0 Å². The number of hydrogen-bond donors (Lipinski definition) is 2. The number of hydrogen-bond acceptors (Lipinski definition) is 3. The largest absolute Gasteiger partial charge is 0.397 e. The van der Waals surface area contributed by atoms with Crippen molar-refractivity contribution in [1.82, 2.24) is 4.98 Å². The Bertz CT molecular complexity index is 350. The Morgan fingerprint density at radius 1 is 1.62 bits per heavy atom. The van der Waals surface area contributed by atoms with Gasteiger partial charge in [0.15, 0.2) is 0 Å². The molecule has 0 radical (unpaired) electrons. The van der Waals surface area contributed by atoms with Gasteiger partial charge in [0.2, 0.25) is 0 Å². The standard InChI is InChI=1S/C10H12N2S/c1-8-10(11)6-9(7-12-8)4-2-3-5-13/h6-7,13H,3,5,11H2,1H3. The third-order valence-corrected chi connectivity index (χ3v) is 1.82. The number of pyridine rings is 1. The maximum atomic E-state index is 5.68. The van der Waals surface area contributed by atoms with Crippen LogP contribution in [-0.4, -0.2) is 10.7 Å². The van der Waals surface area contributed by atoms with E-state index in [4.69, 9.17) is 5.73 Å². The number of anilines is 1. The second-order valence-corrected chi connectivity index (χ2v) is 3.12. The minimum Gasteiger partial charge on any atom is -0.397 e. The fourth-order valence-electron chi connectivity index (χ4n) is 0.839. The molecule has 1 aromatic heterocycles. The van der Waals surface area contributed by atoms with Crippen LogP contribution >= 0.6 is 12.6 Å². The Morgan fingerprint density at radius 2 is 2.38 bits per heavy atom. The zero-order valence-corrected chi connectivity index (χ0v) is 8.44. The molecule has 68 valence electrons. The molecular formula is C10H12N2S. The fourth-order valence-corrected chi connectivity index (χ4v) is 0.951.